The van der Waals surface area contributed by atoms with Crippen LogP contribution in [0.2, 0.25) is 0 Å². The maximum atomic E-state index is 5.92. The smallest absolute Gasteiger partial charge is 0.0643 e. The first-order chi connectivity index (χ1) is 9.10. The standard InChI is InChI=1S/C16H27N3/c1-13-9-11-16(12-10-13,19(2)3)15(18-17)14-7-5-4-6-8-14/h4-8,13,15,18H,9-12,17H2,1-3H3. The molecule has 1 saturated carbocycles. The number of hydrogen-bond acceptors (Lipinski definition) is 3. The van der Waals surface area contributed by atoms with E-state index in [0.29, 0.717) is 0 Å². The molecule has 0 radical (unpaired) electrons. The number of hydrazine groups is 1. The third kappa shape index (κ3) is 2.83. The number of nitrogens with zero attached hydrogens (tertiary/aromatic N) is 1. The number of nitrogens with one attached hydrogen (secondary N) is 1. The van der Waals surface area contributed by atoms with Gasteiger partial charge in [-0.2, -0.15) is 0 Å². The highest BCUT2D eigenvalue weighted by atomic mass is 15.3. The molecule has 3 heteroatoms. The van der Waals surface area contributed by atoms with Crippen molar-refractivity contribution in [3.8, 4) is 0 Å². The van der Waals surface area contributed by atoms with E-state index in [-0.39, 0.29) is 11.6 Å². The van der Waals surface area contributed by atoms with Gasteiger partial charge in [0.15, 0.2) is 0 Å². The fourth-order valence-corrected chi connectivity index (χ4v) is 3.46. The summed E-state index contributed by atoms with van der Waals surface area (Å²) in [4.78, 5) is 2.37. The van der Waals surface area contributed by atoms with E-state index < -0.39 is 0 Å². The molecule has 3 nitrogen and oxygen atoms in total. The number of nitrogens with two attached hydrogens (primary N) is 1. The Bertz CT molecular complexity index is 380. The van der Waals surface area contributed by atoms with Gasteiger partial charge in [0.05, 0.1) is 6.04 Å². The van der Waals surface area contributed by atoms with Crippen molar-refractivity contribution >= 4 is 0 Å². The summed E-state index contributed by atoms with van der Waals surface area (Å²) >= 11 is 0. The van der Waals surface area contributed by atoms with E-state index in [0.717, 1.165) is 5.92 Å². The zero-order valence-corrected chi connectivity index (χ0v) is 12.4. The Hall–Kier alpha value is -0.900. The number of hydrogen-bond donors (Lipinski definition) is 2. The molecule has 0 saturated heterocycles. The first kappa shape index (κ1) is 14.5. The second-order valence-corrected chi connectivity index (χ2v) is 6.19. The summed E-state index contributed by atoms with van der Waals surface area (Å²) in [6.07, 6.45) is 4.96. The molecule has 19 heavy (non-hydrogen) atoms. The van der Waals surface area contributed by atoms with Crippen molar-refractivity contribution in [1.29, 1.82) is 0 Å². The van der Waals surface area contributed by atoms with Crippen molar-refractivity contribution < 1.29 is 0 Å². The molecule has 1 aromatic carbocycles. The molecular formula is C16H27N3. The Morgan fingerprint density at radius 2 is 1.79 bits per heavy atom. The van der Waals surface area contributed by atoms with Crippen LogP contribution >= 0.6 is 0 Å². The lowest BCUT2D eigenvalue weighted by atomic mass is 9.70. The Kier molecular flexibility index (Phi) is 4.61. The minimum Gasteiger partial charge on any atom is -0.302 e. The summed E-state index contributed by atoms with van der Waals surface area (Å²) < 4.78 is 0. The summed E-state index contributed by atoms with van der Waals surface area (Å²) in [7, 11) is 4.37. The number of likely N-dealkylation sites (N-methyl/N-ethyl adjacent to an activating group) is 1. The van der Waals surface area contributed by atoms with Gasteiger partial charge in [-0.3, -0.25) is 11.3 Å². The molecule has 1 unspecified atom stereocenters. The maximum Gasteiger partial charge on any atom is 0.0643 e. The zero-order valence-electron chi connectivity index (χ0n) is 12.4. The van der Waals surface area contributed by atoms with Crippen molar-refractivity contribution in [2.24, 2.45) is 11.8 Å². The number of rotatable bonds is 4. The van der Waals surface area contributed by atoms with E-state index in [4.69, 9.17) is 5.84 Å². The van der Waals surface area contributed by atoms with E-state index in [1.807, 2.05) is 0 Å². The molecule has 2 rings (SSSR count). The molecule has 1 atom stereocenters. The van der Waals surface area contributed by atoms with Crippen LogP contribution in [0.15, 0.2) is 30.3 Å². The molecule has 1 aliphatic rings. The Labute approximate surface area is 117 Å². The molecule has 106 valence electrons. The van der Waals surface area contributed by atoms with Crippen LogP contribution < -0.4 is 11.3 Å². The summed E-state index contributed by atoms with van der Waals surface area (Å²) in [5.41, 5.74) is 4.50. The molecule has 3 N–H and O–H groups in total. The summed E-state index contributed by atoms with van der Waals surface area (Å²) in [5, 5.41) is 0. The van der Waals surface area contributed by atoms with Crippen LogP contribution in [0, 0.1) is 5.92 Å². The Morgan fingerprint density at radius 3 is 2.26 bits per heavy atom. The average Bonchev–Trinajstić information content (AvgIpc) is 2.43. The highest BCUT2D eigenvalue weighted by molar-refractivity contribution is 5.23. The van der Waals surface area contributed by atoms with Gasteiger partial charge in [0.2, 0.25) is 0 Å². The lowest BCUT2D eigenvalue weighted by molar-refractivity contribution is 0.0428. The second kappa shape index (κ2) is 6.04. The molecule has 1 aliphatic carbocycles. The van der Waals surface area contributed by atoms with Crippen LogP contribution in [0.25, 0.3) is 0 Å². The molecule has 0 amide bonds. The molecular weight excluding hydrogens is 234 g/mol. The topological polar surface area (TPSA) is 41.3 Å². The van der Waals surface area contributed by atoms with Crippen LogP contribution in [0.5, 0.6) is 0 Å². The largest absolute Gasteiger partial charge is 0.302 e. The van der Waals surface area contributed by atoms with E-state index in [1.165, 1.54) is 31.2 Å². The third-order valence-electron chi connectivity index (χ3n) is 4.87. The second-order valence-electron chi connectivity index (χ2n) is 6.19. The van der Waals surface area contributed by atoms with Crippen molar-refractivity contribution in [3.63, 3.8) is 0 Å². The summed E-state index contributed by atoms with van der Waals surface area (Å²) in [6.45, 7) is 2.35. The average molecular weight is 261 g/mol. The molecule has 1 fully saturated rings. The quantitative estimate of drug-likeness (QED) is 0.647. The van der Waals surface area contributed by atoms with Crippen molar-refractivity contribution in [2.45, 2.75) is 44.2 Å². The van der Waals surface area contributed by atoms with E-state index >= 15 is 0 Å². The van der Waals surface area contributed by atoms with Gasteiger partial charge in [0.1, 0.15) is 0 Å². The molecule has 0 bridgehead atoms. The fourth-order valence-electron chi connectivity index (χ4n) is 3.46. The van der Waals surface area contributed by atoms with Gasteiger partial charge in [0, 0.05) is 5.54 Å². The van der Waals surface area contributed by atoms with Crippen molar-refractivity contribution in [1.82, 2.24) is 10.3 Å². The van der Waals surface area contributed by atoms with Gasteiger partial charge < -0.3 is 4.90 Å². The van der Waals surface area contributed by atoms with E-state index in [1.54, 1.807) is 0 Å². The van der Waals surface area contributed by atoms with Gasteiger partial charge in [0.25, 0.3) is 0 Å². The first-order valence-corrected chi connectivity index (χ1v) is 7.28. The molecule has 0 aromatic heterocycles. The van der Waals surface area contributed by atoms with E-state index in [9.17, 15) is 0 Å². The molecule has 1 aromatic rings. The number of benzene rings is 1. The molecule has 0 spiro atoms. The predicted molar refractivity (Wildman–Crippen MR) is 80.6 cm³/mol. The lowest BCUT2D eigenvalue weighted by Gasteiger charge is -2.49. The highest BCUT2D eigenvalue weighted by Crippen LogP contribution is 2.43. The van der Waals surface area contributed by atoms with Gasteiger partial charge in [-0.15, -0.1) is 0 Å². The van der Waals surface area contributed by atoms with Crippen LogP contribution in [-0.2, 0) is 0 Å². The Balaban J connectivity index is 2.31. The van der Waals surface area contributed by atoms with Crippen molar-refractivity contribution in [3.05, 3.63) is 35.9 Å². The SMILES string of the molecule is CC1CCC(C(NN)c2ccccc2)(N(C)C)CC1. The van der Waals surface area contributed by atoms with Gasteiger partial charge in [-0.25, -0.2) is 0 Å². The maximum absolute atomic E-state index is 5.92. The Morgan fingerprint density at radius 1 is 1.21 bits per heavy atom. The van der Waals surface area contributed by atoms with Crippen LogP contribution in [0.1, 0.15) is 44.2 Å². The summed E-state index contributed by atoms with van der Waals surface area (Å²) in [6, 6.07) is 10.8. The minimum absolute atomic E-state index is 0.128. The zero-order chi connectivity index (χ0) is 13.9. The first-order valence-electron chi connectivity index (χ1n) is 7.28. The monoisotopic (exact) mass is 261 g/mol. The lowest BCUT2D eigenvalue weighted by Crippen LogP contribution is -2.56. The molecule has 0 aliphatic heterocycles. The van der Waals surface area contributed by atoms with Crippen LogP contribution in [0.3, 0.4) is 0 Å². The normalized spacial score (nSPS) is 29.4. The summed E-state index contributed by atoms with van der Waals surface area (Å²) in [5.74, 6) is 6.75. The van der Waals surface area contributed by atoms with Gasteiger partial charge in [-0.1, -0.05) is 37.3 Å². The van der Waals surface area contributed by atoms with Crippen molar-refractivity contribution in [2.75, 3.05) is 14.1 Å². The van der Waals surface area contributed by atoms with E-state index in [2.05, 4.69) is 61.7 Å². The predicted octanol–water partition coefficient (Wildman–Crippen LogP) is 2.70. The van der Waals surface area contributed by atoms with Gasteiger partial charge >= 0.3 is 0 Å². The van der Waals surface area contributed by atoms with Crippen LogP contribution in [0.4, 0.5) is 0 Å². The third-order valence-corrected chi connectivity index (χ3v) is 4.87. The molecule has 0 heterocycles. The van der Waals surface area contributed by atoms with Crippen LogP contribution in [-0.4, -0.2) is 24.5 Å². The van der Waals surface area contributed by atoms with Gasteiger partial charge in [-0.05, 0) is 51.3 Å². The minimum atomic E-state index is 0.128. The highest BCUT2D eigenvalue weighted by Gasteiger charge is 2.43. The fraction of sp³-hybridized carbons (Fsp3) is 0.625.